The lowest BCUT2D eigenvalue weighted by Crippen LogP contribution is -2.16. The molecule has 0 radical (unpaired) electrons. The van der Waals surface area contributed by atoms with Gasteiger partial charge in [0, 0.05) is 73.9 Å². The van der Waals surface area contributed by atoms with Gasteiger partial charge in [0.1, 0.15) is 0 Å². The Bertz CT molecular complexity index is 3070. The molecular weight excluding hydrogens is 691 g/mol. The Morgan fingerprint density at radius 3 is 1.72 bits per heavy atom. The molecule has 54 heavy (non-hydrogen) atoms. The second-order valence-electron chi connectivity index (χ2n) is 14.9. The van der Waals surface area contributed by atoms with Crippen LogP contribution in [0.5, 0.6) is 0 Å². The molecule has 3 heteroatoms. The summed E-state index contributed by atoms with van der Waals surface area (Å²) >= 11 is 3.81. The third-order valence-electron chi connectivity index (χ3n) is 11.5. The first kappa shape index (κ1) is 31.5. The van der Waals surface area contributed by atoms with Gasteiger partial charge in [0.05, 0.1) is 0 Å². The van der Waals surface area contributed by atoms with Crippen molar-refractivity contribution in [2.24, 2.45) is 0 Å². The Morgan fingerprint density at radius 1 is 0.370 bits per heavy atom. The molecule has 0 aliphatic heterocycles. The molecule has 0 saturated carbocycles. The highest BCUT2D eigenvalue weighted by molar-refractivity contribution is 7.27. The molecule has 10 aromatic rings. The second-order valence-corrected chi connectivity index (χ2v) is 17.0. The third-order valence-corrected chi connectivity index (χ3v) is 13.9. The summed E-state index contributed by atoms with van der Waals surface area (Å²) in [6.07, 6.45) is 0. The number of fused-ring (bicyclic) bond motifs is 9. The quantitative estimate of drug-likeness (QED) is 0.171. The van der Waals surface area contributed by atoms with Crippen molar-refractivity contribution in [3.63, 3.8) is 0 Å². The zero-order valence-electron chi connectivity index (χ0n) is 30.0. The van der Waals surface area contributed by atoms with E-state index in [-0.39, 0.29) is 5.41 Å². The highest BCUT2D eigenvalue weighted by Crippen LogP contribution is 2.52. The summed E-state index contributed by atoms with van der Waals surface area (Å²) in [5, 5.41) is 5.24. The predicted molar refractivity (Wildman–Crippen MR) is 235 cm³/mol. The molecular formula is C51H35NS2. The van der Waals surface area contributed by atoms with Crippen LogP contribution < -0.4 is 4.90 Å². The largest absolute Gasteiger partial charge is 0.310 e. The fraction of sp³-hybridized carbons (Fsp3) is 0.0588. The van der Waals surface area contributed by atoms with Gasteiger partial charge in [0.25, 0.3) is 0 Å². The van der Waals surface area contributed by atoms with Gasteiger partial charge in [-0.15, -0.1) is 22.7 Å². The van der Waals surface area contributed by atoms with Gasteiger partial charge in [0.2, 0.25) is 0 Å². The molecule has 2 heterocycles. The van der Waals surface area contributed by atoms with Crippen molar-refractivity contribution in [1.29, 1.82) is 0 Å². The molecule has 0 spiro atoms. The van der Waals surface area contributed by atoms with E-state index in [1.54, 1.807) is 0 Å². The Balaban J connectivity index is 1.18. The highest BCUT2D eigenvalue weighted by atomic mass is 32.1. The third kappa shape index (κ3) is 4.75. The van der Waals surface area contributed by atoms with Gasteiger partial charge in [0.15, 0.2) is 0 Å². The van der Waals surface area contributed by atoms with Crippen molar-refractivity contribution in [3.8, 4) is 33.4 Å². The molecule has 0 atom stereocenters. The standard InChI is InChI=1S/C51H35NS2/c1-51(2)45-20-9-6-15-37(45)38-28-27-35(31-46(38)51)52(34-25-23-33(24-26-34)32-13-4-3-5-14-32)36-29-43-40-17-8-11-22-48(40)54-50(43)44(30-36)42-19-12-18-41-39-16-7-10-21-47(39)53-49(41)42/h3-31H,1-2H3. The predicted octanol–water partition coefficient (Wildman–Crippen LogP) is 15.5. The number of rotatable bonds is 5. The van der Waals surface area contributed by atoms with Gasteiger partial charge in [-0.1, -0.05) is 141 Å². The molecule has 11 rings (SSSR count). The first-order valence-corrected chi connectivity index (χ1v) is 20.2. The minimum absolute atomic E-state index is 0.111. The van der Waals surface area contributed by atoms with Crippen LogP contribution in [0.4, 0.5) is 17.1 Å². The Morgan fingerprint density at radius 2 is 0.944 bits per heavy atom. The van der Waals surface area contributed by atoms with E-state index >= 15 is 0 Å². The summed E-state index contributed by atoms with van der Waals surface area (Å²) in [5.41, 5.74) is 13.8. The van der Waals surface area contributed by atoms with Crippen LogP contribution in [0.1, 0.15) is 25.0 Å². The molecule has 0 bridgehead atoms. The molecule has 0 saturated heterocycles. The molecule has 0 N–H and O–H groups in total. The lowest BCUT2D eigenvalue weighted by atomic mass is 9.82. The van der Waals surface area contributed by atoms with E-state index < -0.39 is 0 Å². The van der Waals surface area contributed by atoms with E-state index in [1.165, 1.54) is 84.9 Å². The molecule has 0 amide bonds. The SMILES string of the molecule is CC1(C)c2ccccc2-c2ccc(N(c3ccc(-c4ccccc4)cc3)c3cc(-c4cccc5c4sc4ccccc45)c4sc5ccccc5c4c3)cc21. The van der Waals surface area contributed by atoms with E-state index in [2.05, 4.69) is 195 Å². The fourth-order valence-electron chi connectivity index (χ4n) is 8.81. The highest BCUT2D eigenvalue weighted by Gasteiger charge is 2.36. The average Bonchev–Trinajstić information content (AvgIpc) is 3.86. The molecule has 1 aliphatic carbocycles. The van der Waals surface area contributed by atoms with Crippen molar-refractivity contribution in [2.45, 2.75) is 19.3 Å². The summed E-state index contributed by atoms with van der Waals surface area (Å²) in [6.45, 7) is 4.74. The molecule has 8 aromatic carbocycles. The van der Waals surface area contributed by atoms with Gasteiger partial charge in [-0.25, -0.2) is 0 Å². The second kappa shape index (κ2) is 12.0. The lowest BCUT2D eigenvalue weighted by molar-refractivity contribution is 0.660. The first-order chi connectivity index (χ1) is 26.5. The van der Waals surface area contributed by atoms with Crippen LogP contribution in [0, 0.1) is 0 Å². The smallest absolute Gasteiger partial charge is 0.0475 e. The summed E-state index contributed by atoms with van der Waals surface area (Å²) in [7, 11) is 0. The number of hydrogen-bond donors (Lipinski definition) is 0. The van der Waals surface area contributed by atoms with Crippen molar-refractivity contribution in [2.75, 3.05) is 4.90 Å². The molecule has 0 unspecified atom stereocenters. The Kier molecular flexibility index (Phi) is 7.01. The monoisotopic (exact) mass is 725 g/mol. The number of nitrogens with zero attached hydrogens (tertiary/aromatic N) is 1. The molecule has 1 nitrogen and oxygen atoms in total. The molecule has 2 aromatic heterocycles. The zero-order valence-corrected chi connectivity index (χ0v) is 31.6. The van der Waals surface area contributed by atoms with Crippen molar-refractivity contribution >= 4 is 80.1 Å². The zero-order chi connectivity index (χ0) is 36.0. The normalized spacial score (nSPS) is 13.1. The topological polar surface area (TPSA) is 3.24 Å². The average molecular weight is 726 g/mol. The van der Waals surface area contributed by atoms with Crippen molar-refractivity contribution < 1.29 is 0 Å². The number of anilines is 3. The molecule has 256 valence electrons. The van der Waals surface area contributed by atoms with Crippen LogP contribution in [-0.4, -0.2) is 0 Å². The summed E-state index contributed by atoms with van der Waals surface area (Å²) < 4.78 is 5.30. The minimum Gasteiger partial charge on any atom is -0.310 e. The van der Waals surface area contributed by atoms with E-state index in [1.807, 2.05) is 22.7 Å². The first-order valence-electron chi connectivity index (χ1n) is 18.6. The van der Waals surface area contributed by atoms with E-state index in [0.29, 0.717) is 0 Å². The van der Waals surface area contributed by atoms with Gasteiger partial charge in [-0.3, -0.25) is 0 Å². The Labute approximate surface area is 323 Å². The summed E-state index contributed by atoms with van der Waals surface area (Å²) in [5.74, 6) is 0. The fourth-order valence-corrected chi connectivity index (χ4v) is 11.3. The number of thiophene rings is 2. The lowest BCUT2D eigenvalue weighted by Gasteiger charge is -2.29. The van der Waals surface area contributed by atoms with Gasteiger partial charge in [-0.05, 0) is 81.9 Å². The van der Waals surface area contributed by atoms with Crippen LogP contribution in [-0.2, 0) is 5.41 Å². The Hall–Kier alpha value is -6.00. The van der Waals surface area contributed by atoms with E-state index in [9.17, 15) is 0 Å². The van der Waals surface area contributed by atoms with E-state index in [0.717, 1.165) is 17.1 Å². The van der Waals surface area contributed by atoms with Crippen LogP contribution in [0.3, 0.4) is 0 Å². The van der Waals surface area contributed by atoms with Crippen molar-refractivity contribution in [3.05, 3.63) is 187 Å². The maximum Gasteiger partial charge on any atom is 0.0475 e. The van der Waals surface area contributed by atoms with Gasteiger partial charge in [-0.2, -0.15) is 0 Å². The number of benzene rings is 8. The maximum absolute atomic E-state index is 2.48. The van der Waals surface area contributed by atoms with Crippen LogP contribution in [0.15, 0.2) is 176 Å². The number of hydrogen-bond acceptors (Lipinski definition) is 3. The maximum atomic E-state index is 2.48. The molecule has 1 aliphatic rings. The minimum atomic E-state index is -0.111. The van der Waals surface area contributed by atoms with Gasteiger partial charge >= 0.3 is 0 Å². The molecule has 0 fully saturated rings. The van der Waals surface area contributed by atoms with Crippen molar-refractivity contribution in [1.82, 2.24) is 0 Å². The van der Waals surface area contributed by atoms with Crippen LogP contribution in [0.2, 0.25) is 0 Å². The summed E-state index contributed by atoms with van der Waals surface area (Å²) in [6, 6.07) is 65.3. The van der Waals surface area contributed by atoms with Crippen LogP contribution in [0.25, 0.3) is 73.7 Å². The van der Waals surface area contributed by atoms with E-state index in [4.69, 9.17) is 0 Å². The van der Waals surface area contributed by atoms with Gasteiger partial charge < -0.3 is 4.90 Å². The summed E-state index contributed by atoms with van der Waals surface area (Å²) in [4.78, 5) is 2.48. The van der Waals surface area contributed by atoms with Crippen LogP contribution >= 0.6 is 22.7 Å².